The van der Waals surface area contributed by atoms with Gasteiger partial charge in [0.1, 0.15) is 11.4 Å². The SMILES string of the molecule is CCOC(=O)c1cc(O)c(N)c(O)c1N. The highest BCUT2D eigenvalue weighted by atomic mass is 16.5. The highest BCUT2D eigenvalue weighted by Gasteiger charge is 2.18. The Labute approximate surface area is 86.1 Å². The summed E-state index contributed by atoms with van der Waals surface area (Å²) in [7, 11) is 0. The monoisotopic (exact) mass is 212 g/mol. The normalized spacial score (nSPS) is 9.93. The highest BCUT2D eigenvalue weighted by molar-refractivity contribution is 5.99. The third-order valence-corrected chi connectivity index (χ3v) is 1.85. The van der Waals surface area contributed by atoms with Gasteiger partial charge in [-0.1, -0.05) is 0 Å². The molecule has 0 fully saturated rings. The van der Waals surface area contributed by atoms with Crippen molar-refractivity contribution in [2.45, 2.75) is 6.92 Å². The molecule has 0 atom stereocenters. The van der Waals surface area contributed by atoms with E-state index in [-0.39, 0.29) is 23.5 Å². The smallest absolute Gasteiger partial charge is 0.340 e. The van der Waals surface area contributed by atoms with E-state index in [1.165, 1.54) is 0 Å². The molecule has 0 aliphatic carbocycles. The Kier molecular flexibility index (Phi) is 2.89. The van der Waals surface area contributed by atoms with Gasteiger partial charge in [-0.2, -0.15) is 0 Å². The van der Waals surface area contributed by atoms with Crippen LogP contribution >= 0.6 is 0 Å². The lowest BCUT2D eigenvalue weighted by molar-refractivity contribution is 0.0527. The largest absolute Gasteiger partial charge is 0.506 e. The van der Waals surface area contributed by atoms with Crippen molar-refractivity contribution >= 4 is 17.3 Å². The van der Waals surface area contributed by atoms with Gasteiger partial charge in [-0.3, -0.25) is 0 Å². The van der Waals surface area contributed by atoms with Crippen molar-refractivity contribution in [1.82, 2.24) is 0 Å². The van der Waals surface area contributed by atoms with Crippen LogP contribution in [0.5, 0.6) is 11.5 Å². The van der Waals surface area contributed by atoms with E-state index in [1.54, 1.807) is 6.92 Å². The van der Waals surface area contributed by atoms with Gasteiger partial charge in [-0.25, -0.2) is 4.79 Å². The molecule has 0 radical (unpaired) electrons. The minimum atomic E-state index is -0.722. The summed E-state index contributed by atoms with van der Waals surface area (Å²) in [5.74, 6) is -1.65. The number of rotatable bonds is 2. The fraction of sp³-hybridized carbons (Fsp3) is 0.222. The van der Waals surface area contributed by atoms with Crippen LogP contribution in [0.4, 0.5) is 11.4 Å². The molecule has 0 unspecified atom stereocenters. The zero-order chi connectivity index (χ0) is 11.6. The van der Waals surface area contributed by atoms with Gasteiger partial charge in [0.15, 0.2) is 5.75 Å². The molecule has 0 aliphatic heterocycles. The van der Waals surface area contributed by atoms with E-state index >= 15 is 0 Å². The van der Waals surface area contributed by atoms with Crippen LogP contribution in [0, 0.1) is 0 Å². The lowest BCUT2D eigenvalue weighted by Gasteiger charge is -2.10. The van der Waals surface area contributed by atoms with Crippen molar-refractivity contribution in [2.24, 2.45) is 0 Å². The van der Waals surface area contributed by atoms with Gasteiger partial charge < -0.3 is 26.4 Å². The van der Waals surface area contributed by atoms with E-state index in [2.05, 4.69) is 4.74 Å². The van der Waals surface area contributed by atoms with Crippen LogP contribution in [0.15, 0.2) is 6.07 Å². The predicted octanol–water partition coefficient (Wildman–Crippen LogP) is 0.439. The first-order chi connectivity index (χ1) is 6.99. The molecule has 1 aromatic carbocycles. The Morgan fingerprint density at radius 3 is 2.53 bits per heavy atom. The number of carbonyl (C=O) groups excluding carboxylic acids is 1. The number of carbonyl (C=O) groups is 1. The van der Waals surface area contributed by atoms with Crippen LogP contribution in [0.1, 0.15) is 17.3 Å². The van der Waals surface area contributed by atoms with Gasteiger partial charge in [-0.15, -0.1) is 0 Å². The quantitative estimate of drug-likeness (QED) is 0.244. The van der Waals surface area contributed by atoms with E-state index in [9.17, 15) is 15.0 Å². The van der Waals surface area contributed by atoms with Gasteiger partial charge in [0.05, 0.1) is 17.9 Å². The molecule has 6 N–H and O–H groups in total. The van der Waals surface area contributed by atoms with Crippen molar-refractivity contribution < 1.29 is 19.7 Å². The molecular formula is C9H12N2O4. The lowest BCUT2D eigenvalue weighted by atomic mass is 10.1. The zero-order valence-electron chi connectivity index (χ0n) is 8.15. The average Bonchev–Trinajstić information content (AvgIpc) is 2.20. The Balaban J connectivity index is 3.26. The highest BCUT2D eigenvalue weighted by Crippen LogP contribution is 2.38. The van der Waals surface area contributed by atoms with E-state index in [0.29, 0.717) is 0 Å². The molecule has 0 saturated heterocycles. The second-order valence-electron chi connectivity index (χ2n) is 2.84. The summed E-state index contributed by atoms with van der Waals surface area (Å²) in [5, 5.41) is 18.6. The second-order valence-corrected chi connectivity index (χ2v) is 2.84. The van der Waals surface area contributed by atoms with E-state index in [0.717, 1.165) is 6.07 Å². The Morgan fingerprint density at radius 1 is 1.40 bits per heavy atom. The zero-order valence-corrected chi connectivity index (χ0v) is 8.15. The number of hydrogen-bond donors (Lipinski definition) is 4. The number of anilines is 2. The molecule has 0 heterocycles. The molecule has 1 aromatic rings. The molecule has 0 bridgehead atoms. The van der Waals surface area contributed by atoms with E-state index in [4.69, 9.17) is 11.5 Å². The number of esters is 1. The van der Waals surface area contributed by atoms with E-state index < -0.39 is 17.5 Å². The van der Waals surface area contributed by atoms with Gasteiger partial charge >= 0.3 is 5.97 Å². The van der Waals surface area contributed by atoms with Gasteiger partial charge in [0, 0.05) is 0 Å². The van der Waals surface area contributed by atoms with Crippen molar-refractivity contribution in [1.29, 1.82) is 0 Å². The molecule has 0 spiro atoms. The fourth-order valence-electron chi connectivity index (χ4n) is 1.06. The molecule has 6 nitrogen and oxygen atoms in total. The third kappa shape index (κ3) is 1.88. The summed E-state index contributed by atoms with van der Waals surface area (Å²) < 4.78 is 4.68. The number of ether oxygens (including phenoxy) is 1. The molecule has 1 rings (SSSR count). The van der Waals surface area contributed by atoms with Gasteiger partial charge in [0.25, 0.3) is 0 Å². The molecule has 0 saturated carbocycles. The first kappa shape index (κ1) is 11.0. The number of nitrogen functional groups attached to an aromatic ring is 2. The predicted molar refractivity (Wildman–Crippen MR) is 54.6 cm³/mol. The van der Waals surface area contributed by atoms with Crippen LogP contribution < -0.4 is 11.5 Å². The summed E-state index contributed by atoms with van der Waals surface area (Å²) in [4.78, 5) is 11.3. The molecule has 0 aliphatic rings. The maximum atomic E-state index is 11.3. The summed E-state index contributed by atoms with van der Waals surface area (Å²) >= 11 is 0. The number of aromatic hydroxyl groups is 2. The van der Waals surface area contributed by atoms with Crippen molar-refractivity contribution in [3.8, 4) is 11.5 Å². The molecule has 6 heteroatoms. The topological polar surface area (TPSA) is 119 Å². The third-order valence-electron chi connectivity index (χ3n) is 1.85. The molecule has 15 heavy (non-hydrogen) atoms. The van der Waals surface area contributed by atoms with E-state index in [1.807, 2.05) is 0 Å². The Morgan fingerprint density at radius 2 is 2.00 bits per heavy atom. The fourth-order valence-corrected chi connectivity index (χ4v) is 1.06. The van der Waals surface area contributed by atoms with Crippen molar-refractivity contribution in [3.05, 3.63) is 11.6 Å². The van der Waals surface area contributed by atoms with Crippen molar-refractivity contribution in [2.75, 3.05) is 18.1 Å². The number of phenols is 2. The van der Waals surface area contributed by atoms with Gasteiger partial charge in [-0.05, 0) is 13.0 Å². The Hall–Kier alpha value is -2.11. The first-order valence-corrected chi connectivity index (χ1v) is 4.26. The number of phenolic OH excluding ortho intramolecular Hbond substituents is 2. The molecular weight excluding hydrogens is 200 g/mol. The van der Waals surface area contributed by atoms with Crippen LogP contribution in [0.3, 0.4) is 0 Å². The molecule has 0 amide bonds. The standard InChI is InChI=1S/C9H12N2O4/c1-2-15-9(14)4-3-5(12)7(11)8(13)6(4)10/h3,12-13H,2,10-11H2,1H3. The van der Waals surface area contributed by atoms with Gasteiger partial charge in [0.2, 0.25) is 0 Å². The lowest BCUT2D eigenvalue weighted by Crippen LogP contribution is -2.08. The first-order valence-electron chi connectivity index (χ1n) is 4.26. The number of hydrogen-bond acceptors (Lipinski definition) is 6. The van der Waals surface area contributed by atoms with Crippen LogP contribution in [-0.4, -0.2) is 22.8 Å². The van der Waals surface area contributed by atoms with Crippen molar-refractivity contribution in [3.63, 3.8) is 0 Å². The minimum Gasteiger partial charge on any atom is -0.506 e. The summed E-state index contributed by atoms with van der Waals surface area (Å²) in [5.41, 5.74) is 10.2. The maximum absolute atomic E-state index is 11.3. The average molecular weight is 212 g/mol. The van der Waals surface area contributed by atoms with Crippen LogP contribution in [0.2, 0.25) is 0 Å². The number of nitrogens with two attached hydrogens (primary N) is 2. The summed E-state index contributed by atoms with van der Waals surface area (Å²) in [6.45, 7) is 1.80. The van der Waals surface area contributed by atoms with Crippen LogP contribution in [0.25, 0.3) is 0 Å². The maximum Gasteiger partial charge on any atom is 0.340 e. The Bertz CT molecular complexity index is 404. The van der Waals surface area contributed by atoms with Crippen LogP contribution in [-0.2, 0) is 4.74 Å². The second kappa shape index (κ2) is 3.95. The minimum absolute atomic E-state index is 0.110. The molecule has 82 valence electrons. The summed E-state index contributed by atoms with van der Waals surface area (Å²) in [6, 6.07) is 1.06. The molecule has 0 aromatic heterocycles. The summed E-state index contributed by atoms with van der Waals surface area (Å²) in [6.07, 6.45) is 0. The number of benzene rings is 1.